The molecule has 1 amide bonds. The zero-order valence-corrected chi connectivity index (χ0v) is 20.1. The zero-order valence-electron chi connectivity index (χ0n) is 17.6. The van der Waals surface area contributed by atoms with Gasteiger partial charge >= 0.3 is 0 Å². The fourth-order valence-electron chi connectivity index (χ4n) is 3.62. The third kappa shape index (κ3) is 4.15. The molecular formula is C23H21N5OS3. The van der Waals surface area contributed by atoms with E-state index in [1.54, 1.807) is 27.7 Å². The molecule has 32 heavy (non-hydrogen) atoms. The number of carbonyl (C=O) groups is 1. The summed E-state index contributed by atoms with van der Waals surface area (Å²) in [7, 11) is 1.93. The van der Waals surface area contributed by atoms with Crippen molar-refractivity contribution in [2.75, 3.05) is 5.75 Å². The Hall–Kier alpha value is -2.75. The highest BCUT2D eigenvalue weighted by molar-refractivity contribution is 7.99. The van der Waals surface area contributed by atoms with Gasteiger partial charge in [-0.1, -0.05) is 53.7 Å². The third-order valence-electron chi connectivity index (χ3n) is 5.31. The molecule has 1 aliphatic heterocycles. The van der Waals surface area contributed by atoms with Gasteiger partial charge in [0.05, 0.1) is 22.4 Å². The Morgan fingerprint density at radius 2 is 1.88 bits per heavy atom. The maximum absolute atomic E-state index is 13.2. The lowest BCUT2D eigenvalue weighted by Crippen LogP contribution is -2.28. The average molecular weight is 480 g/mol. The minimum Gasteiger partial charge on any atom is -0.305 e. The molecule has 162 valence electrons. The summed E-state index contributed by atoms with van der Waals surface area (Å²) >= 11 is 4.71. The van der Waals surface area contributed by atoms with Crippen molar-refractivity contribution in [3.05, 3.63) is 74.6 Å². The second-order valence-corrected chi connectivity index (χ2v) is 10.4. The van der Waals surface area contributed by atoms with E-state index in [1.165, 1.54) is 17.3 Å². The first-order valence-electron chi connectivity index (χ1n) is 10.2. The van der Waals surface area contributed by atoms with Crippen molar-refractivity contribution in [3.63, 3.8) is 0 Å². The van der Waals surface area contributed by atoms with Gasteiger partial charge in [0, 0.05) is 23.9 Å². The van der Waals surface area contributed by atoms with Gasteiger partial charge in [-0.2, -0.15) is 5.10 Å². The fraction of sp³-hybridized carbons (Fsp3) is 0.217. The van der Waals surface area contributed by atoms with Crippen LogP contribution in [0.4, 0.5) is 0 Å². The molecule has 0 N–H and O–H groups in total. The summed E-state index contributed by atoms with van der Waals surface area (Å²) in [6.07, 6.45) is 0.735. The molecule has 3 aromatic heterocycles. The quantitative estimate of drug-likeness (QED) is 0.348. The van der Waals surface area contributed by atoms with Gasteiger partial charge < -0.3 is 4.57 Å². The fourth-order valence-corrected chi connectivity index (χ4v) is 5.92. The maximum atomic E-state index is 13.2. The van der Waals surface area contributed by atoms with Crippen molar-refractivity contribution < 1.29 is 4.79 Å². The van der Waals surface area contributed by atoms with Crippen LogP contribution in [0, 0.1) is 6.92 Å². The van der Waals surface area contributed by atoms with Crippen LogP contribution in [0.25, 0.3) is 11.4 Å². The number of aryl methyl sites for hydroxylation is 1. The molecule has 9 heteroatoms. The summed E-state index contributed by atoms with van der Waals surface area (Å²) in [6, 6.07) is 16.3. The summed E-state index contributed by atoms with van der Waals surface area (Å²) in [5.74, 6) is 1.01. The van der Waals surface area contributed by atoms with E-state index in [0.717, 1.165) is 33.3 Å². The van der Waals surface area contributed by atoms with E-state index in [1.807, 2.05) is 46.6 Å². The lowest BCUT2D eigenvalue weighted by molar-refractivity contribution is -0.130. The summed E-state index contributed by atoms with van der Waals surface area (Å²) in [5.41, 5.74) is 3.17. The number of hydrogen-bond acceptors (Lipinski definition) is 7. The molecule has 0 fully saturated rings. The molecule has 1 aromatic carbocycles. The molecule has 4 aromatic rings. The molecule has 0 spiro atoms. The monoisotopic (exact) mass is 479 g/mol. The predicted molar refractivity (Wildman–Crippen MR) is 131 cm³/mol. The molecule has 0 saturated carbocycles. The summed E-state index contributed by atoms with van der Waals surface area (Å²) in [5, 5.41) is 19.8. The molecule has 5 rings (SSSR count). The Kier molecular flexibility index (Phi) is 5.95. The van der Waals surface area contributed by atoms with E-state index in [0.29, 0.717) is 5.16 Å². The highest BCUT2D eigenvalue weighted by atomic mass is 32.2. The van der Waals surface area contributed by atoms with Crippen molar-refractivity contribution in [1.82, 2.24) is 19.8 Å². The molecule has 1 aliphatic rings. The van der Waals surface area contributed by atoms with E-state index in [9.17, 15) is 4.79 Å². The minimum atomic E-state index is -0.0529. The van der Waals surface area contributed by atoms with Crippen molar-refractivity contribution in [2.45, 2.75) is 24.5 Å². The van der Waals surface area contributed by atoms with Crippen LogP contribution < -0.4 is 0 Å². The third-order valence-corrected chi connectivity index (χ3v) is 8.21. The molecule has 4 heterocycles. The minimum absolute atomic E-state index is 0.0279. The Bertz CT molecular complexity index is 1240. The standard InChI is InChI=1S/C23H21N5OS3/c1-15-7-9-16(10-8-15)22-24-25-23(27(22)2)32-14-21(29)28-18(20-6-4-12-31-20)13-17(26-28)19-5-3-11-30-19/h3-12,18H,13-14H2,1-2H3/t18-/m1/s1. The van der Waals surface area contributed by atoms with Crippen LogP contribution in [-0.2, 0) is 11.8 Å². The summed E-state index contributed by atoms with van der Waals surface area (Å²) in [6.45, 7) is 2.06. The Morgan fingerprint density at radius 3 is 2.59 bits per heavy atom. The predicted octanol–water partition coefficient (Wildman–Crippen LogP) is 5.38. The summed E-state index contributed by atoms with van der Waals surface area (Å²) < 4.78 is 1.93. The first-order chi connectivity index (χ1) is 15.6. The average Bonchev–Trinajstić information content (AvgIpc) is 3.59. The van der Waals surface area contributed by atoms with E-state index in [-0.39, 0.29) is 17.7 Å². The number of thioether (sulfide) groups is 1. The normalized spacial score (nSPS) is 15.9. The van der Waals surface area contributed by atoms with Crippen LogP contribution in [0.5, 0.6) is 0 Å². The second-order valence-electron chi connectivity index (χ2n) is 7.52. The topological polar surface area (TPSA) is 63.4 Å². The summed E-state index contributed by atoms with van der Waals surface area (Å²) in [4.78, 5) is 15.5. The SMILES string of the molecule is Cc1ccc(-c2nnc(SCC(=O)N3N=C(c4cccs4)C[C@@H]3c3cccs3)n2C)cc1. The van der Waals surface area contributed by atoms with Gasteiger partial charge in [-0.05, 0) is 29.8 Å². The van der Waals surface area contributed by atoms with E-state index in [4.69, 9.17) is 5.10 Å². The number of carbonyl (C=O) groups excluding carboxylic acids is 1. The maximum Gasteiger partial charge on any atom is 0.253 e. The van der Waals surface area contributed by atoms with Crippen LogP contribution in [0.15, 0.2) is 69.5 Å². The van der Waals surface area contributed by atoms with Crippen molar-refractivity contribution >= 4 is 46.1 Å². The smallest absolute Gasteiger partial charge is 0.253 e. The molecule has 0 unspecified atom stereocenters. The lowest BCUT2D eigenvalue weighted by atomic mass is 10.1. The number of hydrazone groups is 1. The Labute approximate surface area is 198 Å². The Morgan fingerprint density at radius 1 is 1.09 bits per heavy atom. The number of nitrogens with zero attached hydrogens (tertiary/aromatic N) is 5. The molecule has 0 aliphatic carbocycles. The number of rotatable bonds is 6. The van der Waals surface area contributed by atoms with Crippen molar-refractivity contribution in [1.29, 1.82) is 0 Å². The van der Waals surface area contributed by atoms with Crippen LogP contribution in [0.3, 0.4) is 0 Å². The first kappa shape index (κ1) is 21.1. The molecule has 6 nitrogen and oxygen atoms in total. The Balaban J connectivity index is 1.33. The number of hydrogen-bond donors (Lipinski definition) is 0. The molecule has 0 saturated heterocycles. The number of amides is 1. The van der Waals surface area contributed by atoms with Gasteiger partial charge in [-0.3, -0.25) is 4.79 Å². The van der Waals surface area contributed by atoms with Gasteiger partial charge in [-0.25, -0.2) is 5.01 Å². The number of benzene rings is 1. The van der Waals surface area contributed by atoms with E-state index in [2.05, 4.69) is 41.4 Å². The van der Waals surface area contributed by atoms with Gasteiger partial charge in [0.1, 0.15) is 0 Å². The largest absolute Gasteiger partial charge is 0.305 e. The second kappa shape index (κ2) is 9.01. The van der Waals surface area contributed by atoms with Gasteiger partial charge in [0.15, 0.2) is 11.0 Å². The highest BCUT2D eigenvalue weighted by Crippen LogP contribution is 2.36. The highest BCUT2D eigenvalue weighted by Gasteiger charge is 2.34. The van der Waals surface area contributed by atoms with Crippen LogP contribution in [0.1, 0.15) is 27.8 Å². The van der Waals surface area contributed by atoms with Gasteiger partial charge in [0.2, 0.25) is 0 Å². The molecule has 0 bridgehead atoms. The molecular weight excluding hydrogens is 458 g/mol. The van der Waals surface area contributed by atoms with Crippen LogP contribution in [-0.4, -0.2) is 37.1 Å². The van der Waals surface area contributed by atoms with E-state index >= 15 is 0 Å². The molecule has 1 atom stereocenters. The zero-order chi connectivity index (χ0) is 22.1. The van der Waals surface area contributed by atoms with E-state index < -0.39 is 0 Å². The lowest BCUT2D eigenvalue weighted by Gasteiger charge is -2.20. The van der Waals surface area contributed by atoms with Gasteiger partial charge in [0.25, 0.3) is 5.91 Å². The number of thiophene rings is 2. The van der Waals surface area contributed by atoms with Crippen LogP contribution in [0.2, 0.25) is 0 Å². The van der Waals surface area contributed by atoms with Crippen LogP contribution >= 0.6 is 34.4 Å². The molecule has 0 radical (unpaired) electrons. The number of aromatic nitrogens is 3. The van der Waals surface area contributed by atoms with Crippen molar-refractivity contribution in [3.8, 4) is 11.4 Å². The van der Waals surface area contributed by atoms with Crippen molar-refractivity contribution in [2.24, 2.45) is 12.1 Å². The first-order valence-corrected chi connectivity index (χ1v) is 12.9. The van der Waals surface area contributed by atoms with Gasteiger partial charge in [-0.15, -0.1) is 32.9 Å².